The molecule has 26 heavy (non-hydrogen) atoms. The second-order valence-corrected chi connectivity index (χ2v) is 6.29. The van der Waals surface area contributed by atoms with Crippen molar-refractivity contribution in [3.8, 4) is 5.75 Å². The molecule has 1 fully saturated rings. The highest BCUT2D eigenvalue weighted by molar-refractivity contribution is 5.85. The van der Waals surface area contributed by atoms with Gasteiger partial charge in [-0.05, 0) is 50.4 Å². The van der Waals surface area contributed by atoms with Crippen molar-refractivity contribution < 1.29 is 19.1 Å². The topological polar surface area (TPSA) is 76.7 Å². The van der Waals surface area contributed by atoms with Crippen molar-refractivity contribution in [3.63, 3.8) is 0 Å². The molecule has 0 radical (unpaired) electrons. The van der Waals surface area contributed by atoms with E-state index in [9.17, 15) is 9.59 Å². The van der Waals surface area contributed by atoms with Gasteiger partial charge in [0.05, 0.1) is 25.6 Å². The summed E-state index contributed by atoms with van der Waals surface area (Å²) < 4.78 is 10.3. The molecule has 1 aromatic rings. The molecule has 2 unspecified atom stereocenters. The summed E-state index contributed by atoms with van der Waals surface area (Å²) in [5, 5.41) is 6.14. The Bertz CT molecular complexity index is 559. The lowest BCUT2D eigenvalue weighted by atomic mass is 9.97. The minimum atomic E-state index is -0.400. The van der Waals surface area contributed by atoms with E-state index in [1.165, 1.54) is 7.11 Å². The van der Waals surface area contributed by atoms with Crippen LogP contribution in [-0.2, 0) is 20.7 Å². The van der Waals surface area contributed by atoms with E-state index in [1.54, 1.807) is 0 Å². The molecule has 0 aromatic heterocycles. The highest BCUT2D eigenvalue weighted by atomic mass is 35.5. The summed E-state index contributed by atoms with van der Waals surface area (Å²) in [6, 6.07) is 7.65. The lowest BCUT2D eigenvalue weighted by molar-refractivity contribution is -0.145. The lowest BCUT2D eigenvalue weighted by Crippen LogP contribution is -2.43. The van der Waals surface area contributed by atoms with E-state index in [2.05, 4.69) is 10.6 Å². The van der Waals surface area contributed by atoms with Crippen LogP contribution in [0.5, 0.6) is 5.75 Å². The predicted molar refractivity (Wildman–Crippen MR) is 103 cm³/mol. The molecule has 1 aliphatic heterocycles. The number of ether oxygens (including phenoxy) is 2. The quantitative estimate of drug-likeness (QED) is 0.670. The number of nitrogens with one attached hydrogen (secondary N) is 2. The fraction of sp³-hybridized carbons (Fsp3) is 0.579. The van der Waals surface area contributed by atoms with Crippen molar-refractivity contribution in [1.29, 1.82) is 0 Å². The molecule has 0 saturated carbocycles. The Kier molecular flexibility index (Phi) is 10.1. The summed E-state index contributed by atoms with van der Waals surface area (Å²) in [4.78, 5) is 24.3. The number of hydrogen-bond donors (Lipinski definition) is 2. The zero-order valence-corrected chi connectivity index (χ0v) is 16.3. The van der Waals surface area contributed by atoms with Crippen LogP contribution in [-0.4, -0.2) is 45.2 Å². The highest BCUT2D eigenvalue weighted by Gasteiger charge is 2.24. The molecule has 1 amide bonds. The molecule has 0 spiro atoms. The third kappa shape index (κ3) is 6.84. The maximum atomic E-state index is 12.3. The SMILES string of the molecule is CCOc1ccc(CC(CNC(=O)C2CCCNC2)C(=O)OC)cc1.Cl. The number of carbonyl (C=O) groups excluding carboxylic acids is 2. The first-order chi connectivity index (χ1) is 12.1. The Balaban J connectivity index is 0.00000338. The number of rotatable bonds is 8. The summed E-state index contributed by atoms with van der Waals surface area (Å²) in [5.41, 5.74) is 1.01. The van der Waals surface area contributed by atoms with Gasteiger partial charge in [-0.2, -0.15) is 0 Å². The average molecular weight is 385 g/mol. The van der Waals surface area contributed by atoms with Gasteiger partial charge in [-0.3, -0.25) is 9.59 Å². The molecule has 2 N–H and O–H groups in total. The Morgan fingerprint density at radius 2 is 2.04 bits per heavy atom. The molecular formula is C19H29ClN2O4. The van der Waals surface area contributed by atoms with E-state index >= 15 is 0 Å². The van der Waals surface area contributed by atoms with E-state index in [1.807, 2.05) is 31.2 Å². The van der Waals surface area contributed by atoms with E-state index in [0.717, 1.165) is 30.7 Å². The van der Waals surface area contributed by atoms with Crippen LogP contribution in [0.4, 0.5) is 0 Å². The Hall–Kier alpha value is -1.79. The first-order valence-corrected chi connectivity index (χ1v) is 8.92. The van der Waals surface area contributed by atoms with Crippen molar-refractivity contribution in [3.05, 3.63) is 29.8 Å². The Labute approximate surface area is 161 Å². The average Bonchev–Trinajstić information content (AvgIpc) is 2.66. The lowest BCUT2D eigenvalue weighted by Gasteiger charge is -2.23. The van der Waals surface area contributed by atoms with Crippen molar-refractivity contribution in [2.75, 3.05) is 33.4 Å². The van der Waals surface area contributed by atoms with Crippen molar-refractivity contribution >= 4 is 24.3 Å². The van der Waals surface area contributed by atoms with Gasteiger partial charge in [0.15, 0.2) is 0 Å². The van der Waals surface area contributed by atoms with Gasteiger partial charge in [-0.15, -0.1) is 12.4 Å². The normalized spacial score (nSPS) is 17.5. The number of hydrogen-bond acceptors (Lipinski definition) is 5. The van der Waals surface area contributed by atoms with Crippen LogP contribution < -0.4 is 15.4 Å². The maximum absolute atomic E-state index is 12.3. The first-order valence-electron chi connectivity index (χ1n) is 8.92. The minimum absolute atomic E-state index is 0. The zero-order chi connectivity index (χ0) is 18.1. The zero-order valence-electron chi connectivity index (χ0n) is 15.5. The summed E-state index contributed by atoms with van der Waals surface area (Å²) in [7, 11) is 1.38. The van der Waals surface area contributed by atoms with Gasteiger partial charge < -0.3 is 20.1 Å². The molecule has 0 aliphatic carbocycles. The van der Waals surface area contributed by atoms with Gasteiger partial charge in [0.1, 0.15) is 5.75 Å². The molecule has 0 bridgehead atoms. The standard InChI is InChI=1S/C19H28N2O4.ClH/c1-3-25-17-8-6-14(7-9-17)11-16(19(23)24-2)13-21-18(22)15-5-4-10-20-12-15;/h6-9,15-16,20H,3-5,10-13H2,1-2H3,(H,21,22);1H. The van der Waals surface area contributed by atoms with Crippen LogP contribution in [0.2, 0.25) is 0 Å². The van der Waals surface area contributed by atoms with Gasteiger partial charge in [0.25, 0.3) is 0 Å². The van der Waals surface area contributed by atoms with Crippen LogP contribution in [0.15, 0.2) is 24.3 Å². The number of halogens is 1. The molecule has 7 heteroatoms. The molecule has 1 saturated heterocycles. The van der Waals surface area contributed by atoms with Crippen LogP contribution in [0.3, 0.4) is 0 Å². The number of amides is 1. The number of piperidine rings is 1. The number of esters is 1. The Morgan fingerprint density at radius 3 is 2.62 bits per heavy atom. The molecule has 1 aliphatic rings. The molecule has 2 rings (SSSR count). The molecule has 1 heterocycles. The largest absolute Gasteiger partial charge is 0.494 e. The summed E-state index contributed by atoms with van der Waals surface area (Å²) in [6.45, 7) is 4.51. The van der Waals surface area contributed by atoms with E-state index in [-0.39, 0.29) is 36.7 Å². The van der Waals surface area contributed by atoms with E-state index < -0.39 is 5.92 Å². The summed E-state index contributed by atoms with van der Waals surface area (Å²) in [5.74, 6) is 0.0867. The minimum Gasteiger partial charge on any atom is -0.494 e. The van der Waals surface area contributed by atoms with Crippen molar-refractivity contribution in [2.45, 2.75) is 26.2 Å². The molecule has 2 atom stereocenters. The van der Waals surface area contributed by atoms with Gasteiger partial charge in [0.2, 0.25) is 5.91 Å². The van der Waals surface area contributed by atoms with Gasteiger partial charge >= 0.3 is 5.97 Å². The van der Waals surface area contributed by atoms with Crippen LogP contribution in [0.25, 0.3) is 0 Å². The van der Waals surface area contributed by atoms with Gasteiger partial charge in [-0.1, -0.05) is 12.1 Å². The second kappa shape index (κ2) is 11.8. The second-order valence-electron chi connectivity index (χ2n) is 6.29. The molecule has 6 nitrogen and oxygen atoms in total. The van der Waals surface area contributed by atoms with Crippen LogP contribution in [0.1, 0.15) is 25.3 Å². The van der Waals surface area contributed by atoms with Gasteiger partial charge in [-0.25, -0.2) is 0 Å². The van der Waals surface area contributed by atoms with E-state index in [0.29, 0.717) is 19.6 Å². The number of methoxy groups -OCH3 is 1. The predicted octanol–water partition coefficient (Wildman–Crippen LogP) is 1.95. The first kappa shape index (κ1) is 22.3. The molecule has 1 aromatic carbocycles. The molecular weight excluding hydrogens is 356 g/mol. The smallest absolute Gasteiger partial charge is 0.310 e. The summed E-state index contributed by atoms with van der Waals surface area (Å²) in [6.07, 6.45) is 2.41. The summed E-state index contributed by atoms with van der Waals surface area (Å²) >= 11 is 0. The fourth-order valence-electron chi connectivity index (χ4n) is 3.02. The number of carbonyl (C=O) groups is 2. The fourth-order valence-corrected chi connectivity index (χ4v) is 3.02. The Morgan fingerprint density at radius 1 is 1.31 bits per heavy atom. The van der Waals surface area contributed by atoms with Gasteiger partial charge in [0, 0.05) is 13.1 Å². The monoisotopic (exact) mass is 384 g/mol. The number of benzene rings is 1. The van der Waals surface area contributed by atoms with Crippen molar-refractivity contribution in [2.24, 2.45) is 11.8 Å². The van der Waals surface area contributed by atoms with E-state index in [4.69, 9.17) is 9.47 Å². The third-order valence-electron chi connectivity index (χ3n) is 4.44. The third-order valence-corrected chi connectivity index (χ3v) is 4.44. The van der Waals surface area contributed by atoms with Crippen molar-refractivity contribution in [1.82, 2.24) is 10.6 Å². The maximum Gasteiger partial charge on any atom is 0.310 e. The van der Waals surface area contributed by atoms with Crippen LogP contribution >= 0.6 is 12.4 Å². The van der Waals surface area contributed by atoms with Crippen LogP contribution in [0, 0.1) is 11.8 Å². The highest BCUT2D eigenvalue weighted by Crippen LogP contribution is 2.16. The molecule has 146 valence electrons.